The normalized spacial score (nSPS) is 10.4. The fraction of sp³-hybridized carbons (Fsp3) is 0.500. The van der Waals surface area contributed by atoms with Crippen molar-refractivity contribution in [3.8, 4) is 11.5 Å². The van der Waals surface area contributed by atoms with Gasteiger partial charge in [-0.2, -0.15) is 0 Å². The Morgan fingerprint density at radius 2 is 0.865 bits per heavy atom. The van der Waals surface area contributed by atoms with E-state index in [1.165, 1.54) is 87.1 Å². The zero-order valence-electron chi connectivity index (χ0n) is 21.9. The first-order chi connectivity index (χ1) is 17.5. The van der Waals surface area contributed by atoms with Crippen LogP contribution >= 0.6 is 0 Å². The van der Waals surface area contributed by atoms with Crippen LogP contribution in [0.3, 0.4) is 0 Å². The smallest absolute Gasteiger partial charge is 0.303 e. The van der Waals surface area contributed by atoms with E-state index < -0.39 is 21.8 Å². The summed E-state index contributed by atoms with van der Waals surface area (Å²) in [7, 11) is -3.59. The number of aliphatic carboxylic acids is 2. The lowest BCUT2D eigenvalue weighted by atomic mass is 10.1. The topological polar surface area (TPSA) is 149 Å². The Morgan fingerprint density at radius 3 is 1.14 bits per heavy atom. The van der Waals surface area contributed by atoms with Crippen LogP contribution in [0.2, 0.25) is 0 Å². The highest BCUT2D eigenvalue weighted by molar-refractivity contribution is 7.91. The molecule has 8 nitrogen and oxygen atoms in total. The first-order valence-corrected chi connectivity index (χ1v) is 14.3. The molecule has 0 aromatic heterocycles. The number of carboxylic acid groups (broad SMARTS) is 2. The van der Waals surface area contributed by atoms with Gasteiger partial charge in [-0.15, -0.1) is 0 Å². The fourth-order valence-electron chi connectivity index (χ4n) is 3.15. The lowest BCUT2D eigenvalue weighted by molar-refractivity contribution is -0.138. The maximum atomic E-state index is 12.1. The van der Waals surface area contributed by atoms with Crippen molar-refractivity contribution in [1.29, 1.82) is 0 Å². The summed E-state index contributed by atoms with van der Waals surface area (Å²) in [6.07, 6.45) is 11.8. The second-order valence-electron chi connectivity index (χ2n) is 8.61. The van der Waals surface area contributed by atoms with Gasteiger partial charge in [0.2, 0.25) is 9.84 Å². The molecule has 37 heavy (non-hydrogen) atoms. The van der Waals surface area contributed by atoms with Crippen molar-refractivity contribution in [3.63, 3.8) is 0 Å². The standard InChI is InChI=1S/C12H10O4S.2C8H16O2/c13-9-1-5-11(6-2-9)17(15,16)12-7-3-10(14)4-8-12;2*1-2-3-4-5-6-7-8(9)10/h1-8,13-14H;2*2-7H2,1H3,(H,9,10). The first-order valence-electron chi connectivity index (χ1n) is 12.8. The number of benzene rings is 2. The predicted octanol–water partition coefficient (Wildman–Crippen LogP) is 6.79. The number of phenolic OH excluding ortho intramolecular Hbond substituents is 2. The molecule has 0 atom stereocenters. The van der Waals surface area contributed by atoms with E-state index in [-0.39, 0.29) is 21.3 Å². The molecule has 4 N–H and O–H groups in total. The van der Waals surface area contributed by atoms with Gasteiger partial charge >= 0.3 is 11.9 Å². The van der Waals surface area contributed by atoms with Gasteiger partial charge in [0.05, 0.1) is 9.79 Å². The number of carbonyl (C=O) groups is 2. The molecule has 0 spiro atoms. The molecule has 208 valence electrons. The van der Waals surface area contributed by atoms with E-state index in [2.05, 4.69) is 13.8 Å². The van der Waals surface area contributed by atoms with Gasteiger partial charge in [-0.1, -0.05) is 65.2 Å². The lowest BCUT2D eigenvalue weighted by Crippen LogP contribution is -2.01. The minimum absolute atomic E-state index is 0.00894. The van der Waals surface area contributed by atoms with Crippen LogP contribution in [0.5, 0.6) is 11.5 Å². The van der Waals surface area contributed by atoms with Crippen LogP contribution in [0.4, 0.5) is 0 Å². The van der Waals surface area contributed by atoms with Crippen molar-refractivity contribution < 1.29 is 38.4 Å². The molecule has 0 saturated carbocycles. The number of sulfone groups is 1. The quantitative estimate of drug-likeness (QED) is 0.192. The number of phenols is 2. The van der Waals surface area contributed by atoms with Gasteiger partial charge in [-0.25, -0.2) is 8.42 Å². The van der Waals surface area contributed by atoms with Gasteiger partial charge in [0.15, 0.2) is 0 Å². The molecule has 0 bridgehead atoms. The summed E-state index contributed by atoms with van der Waals surface area (Å²) >= 11 is 0. The summed E-state index contributed by atoms with van der Waals surface area (Å²) < 4.78 is 24.2. The molecule has 0 radical (unpaired) electrons. The van der Waals surface area contributed by atoms with E-state index in [4.69, 9.17) is 20.4 Å². The van der Waals surface area contributed by atoms with Crippen LogP contribution in [0.15, 0.2) is 58.3 Å². The van der Waals surface area contributed by atoms with Crippen LogP contribution in [-0.2, 0) is 19.4 Å². The van der Waals surface area contributed by atoms with Crippen molar-refractivity contribution >= 4 is 21.8 Å². The van der Waals surface area contributed by atoms with Crippen LogP contribution in [0, 0.1) is 0 Å². The Balaban J connectivity index is 0.000000564. The van der Waals surface area contributed by atoms with Crippen molar-refractivity contribution in [3.05, 3.63) is 48.5 Å². The average molecular weight is 539 g/mol. The van der Waals surface area contributed by atoms with E-state index in [0.29, 0.717) is 12.8 Å². The highest BCUT2D eigenvalue weighted by Gasteiger charge is 2.17. The summed E-state index contributed by atoms with van der Waals surface area (Å²) in [5.74, 6) is -1.32. The van der Waals surface area contributed by atoms with E-state index in [9.17, 15) is 18.0 Å². The van der Waals surface area contributed by atoms with Gasteiger partial charge in [0.1, 0.15) is 11.5 Å². The molecule has 0 aliphatic heterocycles. The molecular weight excluding hydrogens is 496 g/mol. The predicted molar refractivity (Wildman–Crippen MR) is 144 cm³/mol. The van der Waals surface area contributed by atoms with Gasteiger partial charge in [0.25, 0.3) is 0 Å². The van der Waals surface area contributed by atoms with E-state index in [1.54, 1.807) is 0 Å². The number of hydrogen-bond acceptors (Lipinski definition) is 6. The second-order valence-corrected chi connectivity index (χ2v) is 10.6. The SMILES string of the molecule is CCCCCCCC(=O)O.CCCCCCCC(=O)O.O=S(=O)(c1ccc(O)cc1)c1ccc(O)cc1. The van der Waals surface area contributed by atoms with E-state index in [1.807, 2.05) is 0 Å². The maximum Gasteiger partial charge on any atom is 0.303 e. The van der Waals surface area contributed by atoms with Gasteiger partial charge in [0, 0.05) is 12.8 Å². The Kier molecular flexibility index (Phi) is 18.4. The molecule has 0 aliphatic rings. The molecule has 0 unspecified atom stereocenters. The number of carboxylic acids is 2. The molecule has 2 rings (SSSR count). The summed E-state index contributed by atoms with van der Waals surface area (Å²) in [6.45, 7) is 4.30. The van der Waals surface area contributed by atoms with Gasteiger partial charge in [-0.05, 0) is 61.4 Å². The molecule has 0 amide bonds. The van der Waals surface area contributed by atoms with Crippen molar-refractivity contribution in [2.24, 2.45) is 0 Å². The number of aromatic hydroxyl groups is 2. The zero-order chi connectivity index (χ0) is 28.1. The van der Waals surface area contributed by atoms with Crippen molar-refractivity contribution in [2.75, 3.05) is 0 Å². The van der Waals surface area contributed by atoms with Gasteiger partial charge < -0.3 is 20.4 Å². The number of hydrogen-bond donors (Lipinski definition) is 4. The molecule has 0 heterocycles. The molecular formula is C28H42O8S. The van der Waals surface area contributed by atoms with Crippen LogP contribution in [0.1, 0.15) is 90.9 Å². The Hall–Kier alpha value is -3.07. The highest BCUT2D eigenvalue weighted by atomic mass is 32.2. The number of rotatable bonds is 14. The zero-order valence-corrected chi connectivity index (χ0v) is 22.8. The average Bonchev–Trinajstić information content (AvgIpc) is 2.85. The minimum atomic E-state index is -3.59. The largest absolute Gasteiger partial charge is 0.508 e. The fourth-order valence-corrected chi connectivity index (χ4v) is 4.41. The number of unbranched alkanes of at least 4 members (excludes halogenated alkanes) is 8. The summed E-state index contributed by atoms with van der Waals surface area (Å²) in [4.78, 5) is 20.3. The molecule has 0 fully saturated rings. The van der Waals surface area contributed by atoms with Crippen LogP contribution < -0.4 is 0 Å². The monoisotopic (exact) mass is 538 g/mol. The first kappa shape index (κ1) is 33.9. The third-order valence-electron chi connectivity index (χ3n) is 5.28. The second kappa shape index (κ2) is 20.0. The van der Waals surface area contributed by atoms with Crippen molar-refractivity contribution in [1.82, 2.24) is 0 Å². The maximum absolute atomic E-state index is 12.1. The van der Waals surface area contributed by atoms with Crippen molar-refractivity contribution in [2.45, 2.75) is 101 Å². The molecule has 0 saturated heterocycles. The third-order valence-corrected chi connectivity index (χ3v) is 7.07. The minimum Gasteiger partial charge on any atom is -0.508 e. The summed E-state index contributed by atoms with van der Waals surface area (Å²) in [6, 6.07) is 10.6. The molecule has 2 aromatic rings. The molecule has 2 aromatic carbocycles. The van der Waals surface area contributed by atoms with Crippen LogP contribution in [-0.4, -0.2) is 40.8 Å². The highest BCUT2D eigenvalue weighted by Crippen LogP contribution is 2.23. The Bertz CT molecular complexity index is 908. The third kappa shape index (κ3) is 17.1. The molecule has 9 heteroatoms. The van der Waals surface area contributed by atoms with Crippen LogP contribution in [0.25, 0.3) is 0 Å². The Morgan fingerprint density at radius 1 is 0.568 bits per heavy atom. The molecule has 0 aliphatic carbocycles. The summed E-state index contributed by atoms with van der Waals surface area (Å²) in [5.41, 5.74) is 0. The lowest BCUT2D eigenvalue weighted by Gasteiger charge is -2.04. The van der Waals surface area contributed by atoms with E-state index >= 15 is 0 Å². The Labute approximate surface area is 220 Å². The van der Waals surface area contributed by atoms with E-state index in [0.717, 1.165) is 25.7 Å². The summed E-state index contributed by atoms with van der Waals surface area (Å²) in [5, 5.41) is 34.7. The van der Waals surface area contributed by atoms with Gasteiger partial charge in [-0.3, -0.25) is 9.59 Å².